The van der Waals surface area contributed by atoms with E-state index < -0.39 is 11.9 Å². The Labute approximate surface area is 109 Å². The van der Waals surface area contributed by atoms with Gasteiger partial charge in [-0.2, -0.15) is 0 Å². The average Bonchev–Trinajstić information content (AvgIpc) is 2.96. The molecule has 1 saturated heterocycles. The van der Waals surface area contributed by atoms with Crippen molar-refractivity contribution < 1.29 is 14.7 Å². The second-order valence-electron chi connectivity index (χ2n) is 4.77. The number of carbonyl (C=O) groups excluding carboxylic acids is 1. The van der Waals surface area contributed by atoms with Crippen molar-refractivity contribution in [3.63, 3.8) is 0 Å². The van der Waals surface area contributed by atoms with E-state index in [0.717, 1.165) is 16.6 Å². The summed E-state index contributed by atoms with van der Waals surface area (Å²) in [6, 6.07) is 3.87. The summed E-state index contributed by atoms with van der Waals surface area (Å²) in [6.07, 6.45) is 3.61. The van der Waals surface area contributed by atoms with E-state index in [2.05, 4.69) is 9.97 Å². The van der Waals surface area contributed by atoms with E-state index in [1.807, 2.05) is 18.3 Å². The highest BCUT2D eigenvalue weighted by Gasteiger charge is 2.34. The summed E-state index contributed by atoms with van der Waals surface area (Å²) in [7, 11) is 0. The van der Waals surface area contributed by atoms with Crippen LogP contribution in [-0.4, -0.2) is 38.4 Å². The number of aromatic amines is 1. The highest BCUT2D eigenvalue weighted by atomic mass is 16.4. The molecule has 0 aliphatic carbocycles. The average molecular weight is 259 g/mol. The molecule has 0 saturated carbocycles. The molecule has 2 N–H and O–H groups in total. The van der Waals surface area contributed by atoms with Gasteiger partial charge >= 0.3 is 5.97 Å². The van der Waals surface area contributed by atoms with Gasteiger partial charge in [0.15, 0.2) is 0 Å². The quantitative estimate of drug-likeness (QED) is 0.860. The van der Waals surface area contributed by atoms with Gasteiger partial charge in [-0.3, -0.25) is 9.59 Å². The Morgan fingerprint density at radius 2 is 2.42 bits per heavy atom. The second kappa shape index (κ2) is 4.38. The fourth-order valence-corrected chi connectivity index (χ4v) is 2.38. The van der Waals surface area contributed by atoms with Crippen molar-refractivity contribution in [3.05, 3.63) is 30.1 Å². The first-order valence-corrected chi connectivity index (χ1v) is 6.06. The third kappa shape index (κ3) is 2.16. The van der Waals surface area contributed by atoms with Gasteiger partial charge in [-0.05, 0) is 17.7 Å². The number of nitrogens with one attached hydrogen (secondary N) is 1. The standard InChI is InChI=1S/C13H13N3O3/c17-11-4-10(13(18)19)7-16(11)6-8-3-9-1-2-14-12(9)15-5-8/h1-3,5,10H,4,6-7H2,(H,14,15)(H,18,19). The molecular weight excluding hydrogens is 246 g/mol. The van der Waals surface area contributed by atoms with Gasteiger partial charge in [-0.15, -0.1) is 0 Å². The first-order valence-electron chi connectivity index (χ1n) is 6.06. The SMILES string of the molecule is O=C(O)C1CC(=O)N(Cc2cnc3[nH]ccc3c2)C1. The van der Waals surface area contributed by atoms with Crippen molar-refractivity contribution >= 4 is 22.9 Å². The van der Waals surface area contributed by atoms with Crippen molar-refractivity contribution in [2.75, 3.05) is 6.54 Å². The lowest BCUT2D eigenvalue weighted by atomic mass is 10.1. The maximum Gasteiger partial charge on any atom is 0.308 e. The van der Waals surface area contributed by atoms with Crippen molar-refractivity contribution in [3.8, 4) is 0 Å². The minimum Gasteiger partial charge on any atom is -0.481 e. The Hall–Kier alpha value is -2.37. The smallest absolute Gasteiger partial charge is 0.308 e. The number of nitrogens with zero attached hydrogens (tertiary/aromatic N) is 2. The van der Waals surface area contributed by atoms with E-state index in [1.54, 1.807) is 11.1 Å². The highest BCUT2D eigenvalue weighted by molar-refractivity contribution is 5.86. The number of hydrogen-bond donors (Lipinski definition) is 2. The van der Waals surface area contributed by atoms with Crippen LogP contribution in [0.5, 0.6) is 0 Å². The number of carboxylic acid groups (broad SMARTS) is 1. The number of amides is 1. The number of likely N-dealkylation sites (tertiary alicyclic amines) is 1. The molecule has 6 nitrogen and oxygen atoms in total. The van der Waals surface area contributed by atoms with Crippen LogP contribution in [0.3, 0.4) is 0 Å². The summed E-state index contributed by atoms with van der Waals surface area (Å²) in [5.74, 6) is -1.60. The van der Waals surface area contributed by atoms with E-state index >= 15 is 0 Å². The summed E-state index contributed by atoms with van der Waals surface area (Å²) in [5.41, 5.74) is 1.71. The van der Waals surface area contributed by atoms with Crippen LogP contribution in [0.4, 0.5) is 0 Å². The third-order valence-electron chi connectivity index (χ3n) is 3.39. The molecule has 6 heteroatoms. The number of rotatable bonds is 3. The fraction of sp³-hybridized carbons (Fsp3) is 0.308. The minimum absolute atomic E-state index is 0.0924. The van der Waals surface area contributed by atoms with Crippen LogP contribution in [-0.2, 0) is 16.1 Å². The van der Waals surface area contributed by atoms with Crippen molar-refractivity contribution in [2.24, 2.45) is 5.92 Å². The first kappa shape index (κ1) is 11.7. The van der Waals surface area contributed by atoms with Gasteiger partial charge in [0.25, 0.3) is 0 Å². The summed E-state index contributed by atoms with van der Waals surface area (Å²) in [5, 5.41) is 9.92. The maximum atomic E-state index is 11.7. The molecule has 0 aromatic carbocycles. The molecule has 1 fully saturated rings. The molecule has 19 heavy (non-hydrogen) atoms. The number of aliphatic carboxylic acids is 1. The zero-order valence-electron chi connectivity index (χ0n) is 10.2. The molecule has 1 amide bonds. The molecule has 3 heterocycles. The lowest BCUT2D eigenvalue weighted by Crippen LogP contribution is -2.25. The Bertz CT molecular complexity index is 649. The summed E-state index contributed by atoms with van der Waals surface area (Å²) >= 11 is 0. The van der Waals surface area contributed by atoms with E-state index in [4.69, 9.17) is 5.11 Å². The van der Waals surface area contributed by atoms with E-state index in [9.17, 15) is 9.59 Å². The van der Waals surface area contributed by atoms with Crippen molar-refractivity contribution in [1.29, 1.82) is 0 Å². The summed E-state index contributed by atoms with van der Waals surface area (Å²) < 4.78 is 0. The molecule has 2 aromatic heterocycles. The van der Waals surface area contributed by atoms with Crippen LogP contribution in [0.15, 0.2) is 24.5 Å². The van der Waals surface area contributed by atoms with Crippen molar-refractivity contribution in [2.45, 2.75) is 13.0 Å². The number of hydrogen-bond acceptors (Lipinski definition) is 3. The Kier molecular flexibility index (Phi) is 2.70. The van der Waals surface area contributed by atoms with Gasteiger partial charge in [0, 0.05) is 37.3 Å². The molecule has 1 aliphatic heterocycles. The van der Waals surface area contributed by atoms with Crippen LogP contribution in [0, 0.1) is 5.92 Å². The number of pyridine rings is 1. The normalized spacial score (nSPS) is 19.3. The lowest BCUT2D eigenvalue weighted by Gasteiger charge is -2.15. The minimum atomic E-state index is -0.907. The number of fused-ring (bicyclic) bond motifs is 1. The number of carbonyl (C=O) groups is 2. The van der Waals surface area contributed by atoms with Crippen LogP contribution in [0.1, 0.15) is 12.0 Å². The molecule has 2 aromatic rings. The predicted molar refractivity (Wildman–Crippen MR) is 67.3 cm³/mol. The number of aromatic nitrogens is 2. The number of H-pyrrole nitrogens is 1. The van der Waals surface area contributed by atoms with Crippen LogP contribution in [0.25, 0.3) is 11.0 Å². The Morgan fingerprint density at radius 1 is 1.58 bits per heavy atom. The van der Waals surface area contributed by atoms with Crippen LogP contribution in [0.2, 0.25) is 0 Å². The molecule has 1 aliphatic rings. The summed E-state index contributed by atoms with van der Waals surface area (Å²) in [4.78, 5) is 31.5. The third-order valence-corrected chi connectivity index (χ3v) is 3.39. The molecule has 3 rings (SSSR count). The molecule has 0 bridgehead atoms. The molecule has 0 spiro atoms. The van der Waals surface area contributed by atoms with Gasteiger partial charge in [0.1, 0.15) is 5.65 Å². The fourth-order valence-electron chi connectivity index (χ4n) is 2.38. The van der Waals surface area contributed by atoms with Gasteiger partial charge in [0.2, 0.25) is 5.91 Å². The largest absolute Gasteiger partial charge is 0.481 e. The van der Waals surface area contributed by atoms with Crippen LogP contribution >= 0.6 is 0 Å². The Balaban J connectivity index is 1.77. The van der Waals surface area contributed by atoms with Gasteiger partial charge in [0.05, 0.1) is 5.92 Å². The predicted octanol–water partition coefficient (Wildman–Crippen LogP) is 0.996. The molecule has 1 atom stereocenters. The van der Waals surface area contributed by atoms with E-state index in [-0.39, 0.29) is 18.9 Å². The maximum absolute atomic E-state index is 11.7. The van der Waals surface area contributed by atoms with Gasteiger partial charge in [-0.25, -0.2) is 4.98 Å². The van der Waals surface area contributed by atoms with Crippen molar-refractivity contribution in [1.82, 2.24) is 14.9 Å². The molecule has 0 radical (unpaired) electrons. The van der Waals surface area contributed by atoms with E-state index in [0.29, 0.717) is 6.54 Å². The monoisotopic (exact) mass is 259 g/mol. The molecular formula is C13H13N3O3. The first-order chi connectivity index (χ1) is 9.13. The topological polar surface area (TPSA) is 86.3 Å². The van der Waals surface area contributed by atoms with E-state index in [1.165, 1.54) is 0 Å². The molecule has 98 valence electrons. The number of carboxylic acids is 1. The summed E-state index contributed by atoms with van der Waals surface area (Å²) in [6.45, 7) is 0.691. The molecule has 1 unspecified atom stereocenters. The van der Waals surface area contributed by atoms with Gasteiger partial charge in [-0.1, -0.05) is 0 Å². The second-order valence-corrected chi connectivity index (χ2v) is 4.77. The zero-order valence-corrected chi connectivity index (χ0v) is 10.2. The lowest BCUT2D eigenvalue weighted by molar-refractivity contribution is -0.141. The van der Waals surface area contributed by atoms with Gasteiger partial charge < -0.3 is 15.0 Å². The Morgan fingerprint density at radius 3 is 3.16 bits per heavy atom. The highest BCUT2D eigenvalue weighted by Crippen LogP contribution is 2.21. The zero-order chi connectivity index (χ0) is 13.4. The van der Waals surface area contributed by atoms with Crippen LogP contribution < -0.4 is 0 Å².